The van der Waals surface area contributed by atoms with Crippen molar-refractivity contribution in [3.8, 4) is 5.75 Å². The van der Waals surface area contributed by atoms with Crippen molar-refractivity contribution in [2.24, 2.45) is 5.92 Å². The molecule has 27 heavy (non-hydrogen) atoms. The van der Waals surface area contributed by atoms with Crippen molar-refractivity contribution in [2.45, 2.75) is 26.9 Å². The summed E-state index contributed by atoms with van der Waals surface area (Å²) in [4.78, 5) is 34.0. The Hall–Kier alpha value is -3.42. The summed E-state index contributed by atoms with van der Waals surface area (Å²) in [5.41, 5.74) is 1.15. The number of benzene rings is 2. The van der Waals surface area contributed by atoms with Gasteiger partial charge in [0.2, 0.25) is 5.91 Å². The van der Waals surface area contributed by atoms with Crippen molar-refractivity contribution in [2.75, 3.05) is 10.6 Å². The van der Waals surface area contributed by atoms with Crippen LogP contribution in [0.4, 0.5) is 17.1 Å². The van der Waals surface area contributed by atoms with Crippen molar-refractivity contribution >= 4 is 28.9 Å². The van der Waals surface area contributed by atoms with Gasteiger partial charge >= 0.3 is 0 Å². The first-order valence-corrected chi connectivity index (χ1v) is 8.39. The van der Waals surface area contributed by atoms with E-state index in [1.807, 2.05) is 0 Å². The third kappa shape index (κ3) is 5.81. The highest BCUT2D eigenvalue weighted by Crippen LogP contribution is 2.19. The van der Waals surface area contributed by atoms with Gasteiger partial charge in [-0.1, -0.05) is 13.8 Å². The number of nitro benzene ring substituents is 1. The van der Waals surface area contributed by atoms with Crippen LogP contribution in [0.2, 0.25) is 0 Å². The summed E-state index contributed by atoms with van der Waals surface area (Å²) < 4.78 is 5.49. The number of carbonyl (C=O) groups excluding carboxylic acids is 2. The second-order valence-electron chi connectivity index (χ2n) is 6.22. The van der Waals surface area contributed by atoms with Gasteiger partial charge in [-0.3, -0.25) is 19.7 Å². The predicted molar refractivity (Wildman–Crippen MR) is 102 cm³/mol. The fraction of sp³-hybridized carbons (Fsp3) is 0.263. The highest BCUT2D eigenvalue weighted by atomic mass is 16.6. The highest BCUT2D eigenvalue weighted by Gasteiger charge is 2.16. The number of carbonyl (C=O) groups is 2. The molecule has 0 spiro atoms. The molecule has 8 nitrogen and oxygen atoms in total. The van der Waals surface area contributed by atoms with Crippen LogP contribution in [0, 0.1) is 16.0 Å². The second-order valence-corrected chi connectivity index (χ2v) is 6.22. The zero-order valence-corrected chi connectivity index (χ0v) is 15.3. The lowest BCUT2D eigenvalue weighted by Gasteiger charge is -2.15. The summed E-state index contributed by atoms with van der Waals surface area (Å²) in [5, 5.41) is 16.1. The molecule has 0 aliphatic rings. The molecule has 2 amide bonds. The molecule has 0 fully saturated rings. The van der Waals surface area contributed by atoms with Crippen LogP contribution in [-0.4, -0.2) is 22.8 Å². The zero-order valence-electron chi connectivity index (χ0n) is 15.3. The minimum Gasteiger partial charge on any atom is -0.481 e. The van der Waals surface area contributed by atoms with Crippen LogP contribution in [0.1, 0.15) is 20.8 Å². The molecule has 0 aromatic heterocycles. The topological polar surface area (TPSA) is 111 Å². The largest absolute Gasteiger partial charge is 0.481 e. The number of non-ortho nitro benzene ring substituents is 1. The predicted octanol–water partition coefficient (Wildman–Crippen LogP) is 3.60. The summed E-state index contributed by atoms with van der Waals surface area (Å²) >= 11 is 0. The van der Waals surface area contributed by atoms with E-state index in [2.05, 4.69) is 10.6 Å². The Morgan fingerprint density at radius 1 is 0.889 bits per heavy atom. The Morgan fingerprint density at radius 3 is 1.81 bits per heavy atom. The number of nitro groups is 1. The van der Waals surface area contributed by atoms with Gasteiger partial charge in [-0.2, -0.15) is 0 Å². The fourth-order valence-corrected chi connectivity index (χ4v) is 2.07. The Labute approximate surface area is 156 Å². The SMILES string of the molecule is CC(C)C(=O)Nc1ccc(NC(=O)C(C)Oc2ccc([N+](=O)[O-])cc2)cc1. The third-order valence-corrected chi connectivity index (χ3v) is 3.67. The van der Waals surface area contributed by atoms with Gasteiger partial charge in [0.05, 0.1) is 4.92 Å². The number of rotatable bonds is 7. The lowest BCUT2D eigenvalue weighted by Crippen LogP contribution is -2.30. The molecule has 2 N–H and O–H groups in total. The van der Waals surface area contributed by atoms with E-state index in [9.17, 15) is 19.7 Å². The molecule has 1 atom stereocenters. The maximum absolute atomic E-state index is 12.2. The Balaban J connectivity index is 1.91. The lowest BCUT2D eigenvalue weighted by atomic mass is 10.2. The fourth-order valence-electron chi connectivity index (χ4n) is 2.07. The minimum atomic E-state index is -0.799. The van der Waals surface area contributed by atoms with Crippen LogP contribution >= 0.6 is 0 Å². The Kier molecular flexibility index (Phi) is 6.48. The van der Waals surface area contributed by atoms with Gasteiger partial charge in [0.25, 0.3) is 11.6 Å². The molecule has 2 aromatic carbocycles. The van der Waals surface area contributed by atoms with Crippen LogP contribution in [0.3, 0.4) is 0 Å². The quantitative estimate of drug-likeness (QED) is 0.571. The van der Waals surface area contributed by atoms with Gasteiger partial charge in [-0.15, -0.1) is 0 Å². The van der Waals surface area contributed by atoms with Gasteiger partial charge in [-0.25, -0.2) is 0 Å². The van der Waals surface area contributed by atoms with Gasteiger partial charge in [-0.05, 0) is 43.3 Å². The third-order valence-electron chi connectivity index (χ3n) is 3.67. The number of nitrogens with one attached hydrogen (secondary N) is 2. The van der Waals surface area contributed by atoms with E-state index in [1.165, 1.54) is 24.3 Å². The second kappa shape index (κ2) is 8.79. The van der Waals surface area contributed by atoms with E-state index in [1.54, 1.807) is 45.0 Å². The number of nitrogens with zero attached hydrogens (tertiary/aromatic N) is 1. The summed E-state index contributed by atoms with van der Waals surface area (Å²) in [6.07, 6.45) is -0.799. The molecule has 8 heteroatoms. The first kappa shape index (κ1) is 19.9. The summed E-state index contributed by atoms with van der Waals surface area (Å²) in [7, 11) is 0. The van der Waals surface area contributed by atoms with E-state index in [4.69, 9.17) is 4.74 Å². The molecule has 0 aliphatic heterocycles. The molecule has 0 heterocycles. The van der Waals surface area contributed by atoms with E-state index in [0.29, 0.717) is 17.1 Å². The average molecular weight is 371 g/mol. The number of anilines is 2. The first-order valence-electron chi connectivity index (χ1n) is 8.39. The van der Waals surface area contributed by atoms with E-state index in [0.717, 1.165) is 0 Å². The van der Waals surface area contributed by atoms with Gasteiger partial charge in [0.1, 0.15) is 5.75 Å². The maximum Gasteiger partial charge on any atom is 0.269 e. The number of hydrogen-bond acceptors (Lipinski definition) is 5. The molecular weight excluding hydrogens is 350 g/mol. The molecule has 142 valence electrons. The van der Waals surface area contributed by atoms with Crippen molar-refractivity contribution in [3.05, 3.63) is 58.6 Å². The van der Waals surface area contributed by atoms with Crippen molar-refractivity contribution in [1.29, 1.82) is 0 Å². The number of amides is 2. The van der Waals surface area contributed by atoms with Gasteiger partial charge < -0.3 is 15.4 Å². The summed E-state index contributed by atoms with van der Waals surface area (Å²) in [6, 6.07) is 12.2. The van der Waals surface area contributed by atoms with Crippen molar-refractivity contribution < 1.29 is 19.2 Å². The van der Waals surface area contributed by atoms with Gasteiger partial charge in [0, 0.05) is 29.4 Å². The normalized spacial score (nSPS) is 11.6. The van der Waals surface area contributed by atoms with Crippen molar-refractivity contribution in [3.63, 3.8) is 0 Å². The van der Waals surface area contributed by atoms with E-state index in [-0.39, 0.29) is 23.4 Å². The molecule has 0 saturated carbocycles. The van der Waals surface area contributed by atoms with Crippen LogP contribution < -0.4 is 15.4 Å². The smallest absolute Gasteiger partial charge is 0.269 e. The lowest BCUT2D eigenvalue weighted by molar-refractivity contribution is -0.384. The van der Waals surface area contributed by atoms with Crippen LogP contribution in [0.15, 0.2) is 48.5 Å². The molecule has 2 rings (SSSR count). The molecule has 0 aliphatic carbocycles. The maximum atomic E-state index is 12.2. The van der Waals surface area contributed by atoms with Crippen LogP contribution in [-0.2, 0) is 9.59 Å². The van der Waals surface area contributed by atoms with E-state index < -0.39 is 11.0 Å². The zero-order chi connectivity index (χ0) is 20.0. The minimum absolute atomic E-state index is 0.0518. The summed E-state index contributed by atoms with van der Waals surface area (Å²) in [5.74, 6) is -0.221. The van der Waals surface area contributed by atoms with Gasteiger partial charge in [0.15, 0.2) is 6.10 Å². The summed E-state index contributed by atoms with van der Waals surface area (Å²) in [6.45, 7) is 5.18. The molecule has 1 unspecified atom stereocenters. The monoisotopic (exact) mass is 371 g/mol. The van der Waals surface area contributed by atoms with Crippen LogP contribution in [0.5, 0.6) is 5.75 Å². The standard InChI is InChI=1S/C19H21N3O5/c1-12(2)18(23)20-14-4-6-15(7-5-14)21-19(24)13(3)27-17-10-8-16(9-11-17)22(25)26/h4-13H,1-3H3,(H,20,23)(H,21,24). The molecule has 2 aromatic rings. The van der Waals surface area contributed by atoms with Crippen LogP contribution in [0.25, 0.3) is 0 Å². The molecular formula is C19H21N3O5. The molecule has 0 saturated heterocycles. The van der Waals surface area contributed by atoms with Crippen molar-refractivity contribution in [1.82, 2.24) is 0 Å². The Bertz CT molecular complexity index is 816. The highest BCUT2D eigenvalue weighted by molar-refractivity contribution is 5.95. The Morgan fingerprint density at radius 2 is 1.37 bits per heavy atom. The number of hydrogen-bond donors (Lipinski definition) is 2. The molecule has 0 radical (unpaired) electrons. The first-order chi connectivity index (χ1) is 12.8. The van der Waals surface area contributed by atoms with E-state index >= 15 is 0 Å². The average Bonchev–Trinajstić information content (AvgIpc) is 2.63. The number of ether oxygens (including phenoxy) is 1. The molecule has 0 bridgehead atoms.